The van der Waals surface area contributed by atoms with Crippen LogP contribution in [0, 0.1) is 25.7 Å². The third-order valence-electron chi connectivity index (χ3n) is 6.96. The zero-order valence-corrected chi connectivity index (χ0v) is 20.5. The van der Waals surface area contributed by atoms with Crippen LogP contribution in [0.3, 0.4) is 0 Å². The van der Waals surface area contributed by atoms with Crippen molar-refractivity contribution < 1.29 is 14.7 Å². The predicted octanol–water partition coefficient (Wildman–Crippen LogP) is 3.62. The Hall–Kier alpha value is -3.46. The van der Waals surface area contributed by atoms with E-state index in [-0.39, 0.29) is 30.4 Å². The first-order chi connectivity index (χ1) is 16.9. The van der Waals surface area contributed by atoms with E-state index in [4.69, 9.17) is 0 Å². The summed E-state index contributed by atoms with van der Waals surface area (Å²) in [6, 6.07) is 9.14. The fraction of sp³-hybridized carbons (Fsp3) is 0.462. The maximum atomic E-state index is 12.9. The molecule has 0 bridgehead atoms. The summed E-state index contributed by atoms with van der Waals surface area (Å²) in [5, 5.41) is 26.8. The number of hydrogen-bond acceptors (Lipinski definition) is 5. The number of carbonyl (C=O) groups excluding carboxylic acids is 2. The van der Waals surface area contributed by atoms with E-state index in [0.29, 0.717) is 24.6 Å². The number of H-pyrrole nitrogens is 1. The Morgan fingerprint density at radius 3 is 2.54 bits per heavy atom. The largest absolute Gasteiger partial charge is 0.394 e. The van der Waals surface area contributed by atoms with Crippen molar-refractivity contribution in [3.05, 3.63) is 53.6 Å². The maximum Gasteiger partial charge on any atom is 0.269 e. The van der Waals surface area contributed by atoms with Crippen molar-refractivity contribution in [2.75, 3.05) is 18.5 Å². The molecule has 186 valence electrons. The Labute approximate surface area is 205 Å². The lowest BCUT2D eigenvalue weighted by atomic mass is 9.74. The van der Waals surface area contributed by atoms with Gasteiger partial charge in [0, 0.05) is 36.1 Å². The molecule has 1 aliphatic carbocycles. The highest BCUT2D eigenvalue weighted by Gasteiger charge is 2.30. The smallest absolute Gasteiger partial charge is 0.269 e. The summed E-state index contributed by atoms with van der Waals surface area (Å²) < 4.78 is 1.52. The predicted molar refractivity (Wildman–Crippen MR) is 134 cm³/mol. The Bertz CT molecular complexity index is 1140. The topological polar surface area (TPSA) is 125 Å². The summed E-state index contributed by atoms with van der Waals surface area (Å²) in [5.74, 6) is 0.193. The van der Waals surface area contributed by atoms with Gasteiger partial charge in [0.25, 0.3) is 5.91 Å². The molecule has 2 aromatic heterocycles. The first kappa shape index (κ1) is 24.7. The second kappa shape index (κ2) is 10.9. The Balaban J connectivity index is 1.35. The van der Waals surface area contributed by atoms with Crippen molar-refractivity contribution in [2.24, 2.45) is 11.8 Å². The van der Waals surface area contributed by atoms with Crippen LogP contribution in [0.25, 0.3) is 11.1 Å². The summed E-state index contributed by atoms with van der Waals surface area (Å²) in [6.07, 6.45) is 5.21. The minimum absolute atomic E-state index is 0.0569. The van der Waals surface area contributed by atoms with E-state index in [1.54, 1.807) is 19.2 Å². The van der Waals surface area contributed by atoms with Gasteiger partial charge in [0.1, 0.15) is 5.69 Å². The average Bonchev–Trinajstić information content (AvgIpc) is 3.43. The Morgan fingerprint density at radius 2 is 1.94 bits per heavy atom. The monoisotopic (exact) mass is 478 g/mol. The molecule has 1 aromatic carbocycles. The molecular formula is C26H34N6O3. The van der Waals surface area contributed by atoms with Gasteiger partial charge in [-0.2, -0.15) is 10.2 Å². The maximum absolute atomic E-state index is 12.9. The van der Waals surface area contributed by atoms with E-state index in [2.05, 4.69) is 25.9 Å². The van der Waals surface area contributed by atoms with Crippen LogP contribution < -0.4 is 10.6 Å². The van der Waals surface area contributed by atoms with Crippen LogP contribution >= 0.6 is 0 Å². The molecule has 2 heterocycles. The third-order valence-corrected chi connectivity index (χ3v) is 6.96. The van der Waals surface area contributed by atoms with Crippen LogP contribution in [0.2, 0.25) is 0 Å². The van der Waals surface area contributed by atoms with E-state index < -0.39 is 0 Å². The fourth-order valence-electron chi connectivity index (χ4n) is 4.70. The lowest BCUT2D eigenvalue weighted by Gasteiger charge is -2.33. The number of benzene rings is 1. The number of aromatic amines is 1. The summed E-state index contributed by atoms with van der Waals surface area (Å²) in [4.78, 5) is 25.6. The molecule has 1 fully saturated rings. The van der Waals surface area contributed by atoms with Crippen LogP contribution in [0.15, 0.2) is 36.5 Å². The lowest BCUT2D eigenvalue weighted by Crippen LogP contribution is -2.38. The van der Waals surface area contributed by atoms with E-state index >= 15 is 0 Å². The van der Waals surface area contributed by atoms with E-state index in [9.17, 15) is 14.7 Å². The molecule has 0 spiro atoms. The summed E-state index contributed by atoms with van der Waals surface area (Å²) >= 11 is 0. The standard InChI is InChI=1S/C26H34N6O3/c1-16(15-33)32-23(11-12-28-32)26(35)27-14-21(19-5-4-6-19)13-24(34)29-22-9-7-20(8-10-22)25-17(2)30-31-18(25)3/h7-12,16,19,21,33H,4-6,13-15H2,1-3H3,(H,27,35)(H,29,34)(H,30,31)/t16-,21?/m1/s1. The summed E-state index contributed by atoms with van der Waals surface area (Å²) in [5.41, 5.74) is 5.24. The zero-order valence-electron chi connectivity index (χ0n) is 20.5. The summed E-state index contributed by atoms with van der Waals surface area (Å²) in [6.45, 7) is 6.08. The zero-order chi connectivity index (χ0) is 24.9. The number of anilines is 1. The number of aliphatic hydroxyl groups excluding tert-OH is 1. The number of nitrogens with one attached hydrogen (secondary N) is 3. The number of amides is 2. The van der Waals surface area contributed by atoms with Crippen molar-refractivity contribution in [1.29, 1.82) is 0 Å². The number of hydrogen-bond donors (Lipinski definition) is 4. The average molecular weight is 479 g/mol. The van der Waals surface area contributed by atoms with E-state index in [0.717, 1.165) is 47.5 Å². The van der Waals surface area contributed by atoms with Gasteiger partial charge >= 0.3 is 0 Å². The number of nitrogens with zero attached hydrogens (tertiary/aromatic N) is 3. The van der Waals surface area contributed by atoms with Crippen molar-refractivity contribution in [3.63, 3.8) is 0 Å². The van der Waals surface area contributed by atoms with Crippen molar-refractivity contribution in [3.8, 4) is 11.1 Å². The molecule has 9 heteroatoms. The van der Waals surface area contributed by atoms with Crippen LogP contribution in [0.1, 0.15) is 60.5 Å². The molecule has 3 aromatic rings. The molecule has 0 aliphatic heterocycles. The second-order valence-corrected chi connectivity index (χ2v) is 9.49. The van der Waals surface area contributed by atoms with Crippen LogP contribution in [0.5, 0.6) is 0 Å². The van der Waals surface area contributed by atoms with Gasteiger partial charge < -0.3 is 15.7 Å². The van der Waals surface area contributed by atoms with Crippen molar-refractivity contribution in [2.45, 2.75) is 52.5 Å². The first-order valence-electron chi connectivity index (χ1n) is 12.2. The molecule has 1 unspecified atom stereocenters. The SMILES string of the molecule is Cc1n[nH]c(C)c1-c1ccc(NC(=O)CC(CNC(=O)c2ccnn2[C@H](C)CO)C2CCC2)cc1. The van der Waals surface area contributed by atoms with Gasteiger partial charge in [-0.15, -0.1) is 0 Å². The second-order valence-electron chi connectivity index (χ2n) is 9.49. The molecule has 4 N–H and O–H groups in total. The van der Waals surface area contributed by atoms with Gasteiger partial charge in [-0.1, -0.05) is 31.4 Å². The molecule has 2 atom stereocenters. The Kier molecular flexibility index (Phi) is 7.65. The van der Waals surface area contributed by atoms with Gasteiger partial charge in [0.15, 0.2) is 0 Å². The molecule has 9 nitrogen and oxygen atoms in total. The first-order valence-corrected chi connectivity index (χ1v) is 12.2. The van der Waals surface area contributed by atoms with Crippen LogP contribution in [-0.4, -0.2) is 50.1 Å². The number of carbonyl (C=O) groups is 2. The number of aliphatic hydroxyl groups is 1. The van der Waals surface area contributed by atoms with Crippen molar-refractivity contribution >= 4 is 17.5 Å². The lowest BCUT2D eigenvalue weighted by molar-refractivity contribution is -0.117. The number of aryl methyl sites for hydroxylation is 2. The Morgan fingerprint density at radius 1 is 1.20 bits per heavy atom. The quantitative estimate of drug-likeness (QED) is 0.354. The molecule has 2 amide bonds. The minimum Gasteiger partial charge on any atom is -0.394 e. The molecule has 4 rings (SSSR count). The highest BCUT2D eigenvalue weighted by Crippen LogP contribution is 2.35. The molecule has 0 saturated heterocycles. The number of rotatable bonds is 10. The highest BCUT2D eigenvalue weighted by atomic mass is 16.3. The van der Waals surface area contributed by atoms with Gasteiger partial charge in [-0.3, -0.25) is 19.4 Å². The third kappa shape index (κ3) is 5.62. The highest BCUT2D eigenvalue weighted by molar-refractivity contribution is 5.93. The normalized spacial score (nSPS) is 15.3. The fourth-order valence-corrected chi connectivity index (χ4v) is 4.70. The summed E-state index contributed by atoms with van der Waals surface area (Å²) in [7, 11) is 0. The van der Waals surface area contributed by atoms with Gasteiger partial charge in [0.05, 0.1) is 18.3 Å². The minimum atomic E-state index is -0.285. The molecule has 1 saturated carbocycles. The molecule has 35 heavy (non-hydrogen) atoms. The molecule has 0 radical (unpaired) electrons. The van der Waals surface area contributed by atoms with E-state index in [1.165, 1.54) is 4.68 Å². The van der Waals surface area contributed by atoms with Crippen LogP contribution in [-0.2, 0) is 4.79 Å². The van der Waals surface area contributed by atoms with E-state index in [1.807, 2.05) is 38.1 Å². The molecular weight excluding hydrogens is 444 g/mol. The van der Waals surface area contributed by atoms with Gasteiger partial charge in [-0.05, 0) is 56.4 Å². The van der Waals surface area contributed by atoms with Gasteiger partial charge in [0.2, 0.25) is 5.91 Å². The molecule has 1 aliphatic rings. The van der Waals surface area contributed by atoms with Crippen LogP contribution in [0.4, 0.5) is 5.69 Å². The number of aromatic nitrogens is 4. The van der Waals surface area contributed by atoms with Gasteiger partial charge in [-0.25, -0.2) is 0 Å². The van der Waals surface area contributed by atoms with Crippen molar-refractivity contribution in [1.82, 2.24) is 25.3 Å².